The van der Waals surface area contributed by atoms with Crippen LogP contribution in [-0.2, 0) is 4.84 Å². The number of hydroxylamine groups is 2. The van der Waals surface area contributed by atoms with E-state index in [1.807, 2.05) is 0 Å². The summed E-state index contributed by atoms with van der Waals surface area (Å²) in [5, 5.41) is 13.9. The monoisotopic (exact) mass is 222 g/mol. The molecule has 0 amide bonds. The van der Waals surface area contributed by atoms with Gasteiger partial charge in [-0.15, -0.1) is 5.06 Å². The summed E-state index contributed by atoms with van der Waals surface area (Å²) in [5.74, 6) is -0.249. The molecule has 2 rings (SSSR count). The van der Waals surface area contributed by atoms with Gasteiger partial charge in [-0.25, -0.2) is 4.79 Å². The molecule has 0 bridgehead atoms. The molecule has 0 saturated carbocycles. The lowest BCUT2D eigenvalue weighted by atomic mass is 10.2. The molecule has 5 nitrogen and oxygen atoms in total. The van der Waals surface area contributed by atoms with Crippen LogP contribution in [0, 0.1) is 0 Å². The van der Waals surface area contributed by atoms with Crippen LogP contribution in [0.3, 0.4) is 0 Å². The maximum absolute atomic E-state index is 11.7. The second kappa shape index (κ2) is 4.96. The number of benzene rings is 1. The summed E-state index contributed by atoms with van der Waals surface area (Å²) in [5.41, 5.74) is 0.441. The first kappa shape index (κ1) is 10.9. The van der Waals surface area contributed by atoms with Crippen LogP contribution in [-0.4, -0.2) is 42.3 Å². The maximum atomic E-state index is 11.7. The van der Waals surface area contributed by atoms with E-state index in [2.05, 4.69) is 5.32 Å². The van der Waals surface area contributed by atoms with Crippen LogP contribution in [0.25, 0.3) is 0 Å². The summed E-state index contributed by atoms with van der Waals surface area (Å²) in [6.07, 6.45) is 0. The summed E-state index contributed by atoms with van der Waals surface area (Å²) in [6.45, 7) is 3.04. The third-order valence-corrected chi connectivity index (χ3v) is 2.39. The Morgan fingerprint density at radius 1 is 1.25 bits per heavy atom. The summed E-state index contributed by atoms with van der Waals surface area (Å²) < 4.78 is 0. The van der Waals surface area contributed by atoms with Gasteiger partial charge >= 0.3 is 5.97 Å². The molecule has 86 valence electrons. The van der Waals surface area contributed by atoms with Crippen molar-refractivity contribution in [3.63, 3.8) is 0 Å². The molecule has 1 aliphatic rings. The molecule has 2 N–H and O–H groups in total. The summed E-state index contributed by atoms with van der Waals surface area (Å²) in [7, 11) is 0. The summed E-state index contributed by atoms with van der Waals surface area (Å²) in [4.78, 5) is 16.8. The highest BCUT2D eigenvalue weighted by Crippen LogP contribution is 2.11. The highest BCUT2D eigenvalue weighted by molar-refractivity contribution is 5.89. The van der Waals surface area contributed by atoms with Gasteiger partial charge in [0.15, 0.2) is 0 Å². The number of aromatic hydroxyl groups is 1. The van der Waals surface area contributed by atoms with Crippen LogP contribution >= 0.6 is 0 Å². The number of nitrogens with zero attached hydrogens (tertiary/aromatic N) is 1. The summed E-state index contributed by atoms with van der Waals surface area (Å²) in [6, 6.07) is 6.02. The van der Waals surface area contributed by atoms with Crippen molar-refractivity contribution in [2.24, 2.45) is 0 Å². The molecule has 0 aromatic heterocycles. The lowest BCUT2D eigenvalue weighted by molar-refractivity contribution is -0.115. The molecule has 1 fully saturated rings. The average Bonchev–Trinajstić information content (AvgIpc) is 2.31. The van der Waals surface area contributed by atoms with Crippen LogP contribution in [0.2, 0.25) is 0 Å². The number of carbonyl (C=O) groups excluding carboxylic acids is 1. The van der Waals surface area contributed by atoms with Crippen molar-refractivity contribution in [3.8, 4) is 5.75 Å². The first-order valence-electron chi connectivity index (χ1n) is 5.23. The Hall–Kier alpha value is -1.59. The van der Waals surface area contributed by atoms with Crippen molar-refractivity contribution in [1.29, 1.82) is 0 Å². The molecular weight excluding hydrogens is 208 g/mol. The number of carbonyl (C=O) groups is 1. The molecule has 1 heterocycles. The normalized spacial score (nSPS) is 17.0. The third kappa shape index (κ3) is 2.71. The SMILES string of the molecule is O=C(ON1CCNCC1)c1ccc(O)cc1. The molecule has 5 heteroatoms. The number of rotatable bonds is 2. The van der Waals surface area contributed by atoms with Crippen molar-refractivity contribution in [2.75, 3.05) is 26.2 Å². The molecule has 16 heavy (non-hydrogen) atoms. The smallest absolute Gasteiger partial charge is 0.357 e. The molecule has 1 saturated heterocycles. The molecular formula is C11H14N2O3. The lowest BCUT2D eigenvalue weighted by Crippen LogP contribution is -2.44. The Morgan fingerprint density at radius 2 is 1.88 bits per heavy atom. The fourth-order valence-corrected chi connectivity index (χ4v) is 1.50. The van der Waals surface area contributed by atoms with Crippen LogP contribution in [0.5, 0.6) is 5.75 Å². The van der Waals surface area contributed by atoms with E-state index in [9.17, 15) is 4.79 Å². The van der Waals surface area contributed by atoms with Gasteiger partial charge in [0.2, 0.25) is 0 Å². The average molecular weight is 222 g/mol. The van der Waals surface area contributed by atoms with E-state index in [1.54, 1.807) is 17.2 Å². The van der Waals surface area contributed by atoms with Crippen LogP contribution < -0.4 is 5.32 Å². The lowest BCUT2D eigenvalue weighted by Gasteiger charge is -2.25. The quantitative estimate of drug-likeness (QED) is 0.757. The first-order chi connectivity index (χ1) is 7.75. The van der Waals surface area contributed by atoms with Gasteiger partial charge in [0.1, 0.15) is 5.75 Å². The Balaban J connectivity index is 1.94. The van der Waals surface area contributed by atoms with Gasteiger partial charge < -0.3 is 15.3 Å². The molecule has 1 aromatic rings. The van der Waals surface area contributed by atoms with E-state index in [0.717, 1.165) is 13.1 Å². The molecule has 0 spiro atoms. The predicted molar refractivity (Wildman–Crippen MR) is 58.0 cm³/mol. The van der Waals surface area contributed by atoms with Gasteiger partial charge in [0.05, 0.1) is 5.56 Å². The number of hydrogen-bond acceptors (Lipinski definition) is 5. The minimum absolute atomic E-state index is 0.138. The number of hydrogen-bond donors (Lipinski definition) is 2. The Bertz CT molecular complexity index is 358. The number of piperazine rings is 1. The van der Waals surface area contributed by atoms with Crippen LogP contribution in [0.1, 0.15) is 10.4 Å². The van der Waals surface area contributed by atoms with E-state index < -0.39 is 0 Å². The van der Waals surface area contributed by atoms with Gasteiger partial charge in [-0.2, -0.15) is 0 Å². The Kier molecular flexibility index (Phi) is 3.38. The molecule has 0 atom stereocenters. The Labute approximate surface area is 93.6 Å². The highest BCUT2D eigenvalue weighted by Gasteiger charge is 2.15. The fourth-order valence-electron chi connectivity index (χ4n) is 1.50. The molecule has 1 aromatic carbocycles. The Morgan fingerprint density at radius 3 is 2.50 bits per heavy atom. The van der Waals surface area contributed by atoms with Gasteiger partial charge in [-0.1, -0.05) is 0 Å². The zero-order valence-electron chi connectivity index (χ0n) is 8.85. The fraction of sp³-hybridized carbons (Fsp3) is 0.364. The van der Waals surface area contributed by atoms with Gasteiger partial charge in [0.25, 0.3) is 0 Å². The van der Waals surface area contributed by atoms with Crippen molar-refractivity contribution in [3.05, 3.63) is 29.8 Å². The zero-order chi connectivity index (χ0) is 11.4. The number of phenolic OH excluding ortho intramolecular Hbond substituents is 1. The van der Waals surface area contributed by atoms with E-state index >= 15 is 0 Å². The second-order valence-electron chi connectivity index (χ2n) is 3.60. The minimum atomic E-state index is -0.387. The molecule has 0 aliphatic carbocycles. The zero-order valence-corrected chi connectivity index (χ0v) is 8.85. The van der Waals surface area contributed by atoms with Crippen molar-refractivity contribution in [1.82, 2.24) is 10.4 Å². The predicted octanol–water partition coefficient (Wildman–Crippen LogP) is 0.369. The second-order valence-corrected chi connectivity index (χ2v) is 3.60. The topological polar surface area (TPSA) is 61.8 Å². The van der Waals surface area contributed by atoms with Crippen molar-refractivity contribution < 1.29 is 14.7 Å². The summed E-state index contributed by atoms with van der Waals surface area (Å²) >= 11 is 0. The first-order valence-corrected chi connectivity index (χ1v) is 5.23. The third-order valence-electron chi connectivity index (χ3n) is 2.39. The van der Waals surface area contributed by atoms with E-state index in [4.69, 9.17) is 9.94 Å². The highest BCUT2D eigenvalue weighted by atomic mass is 16.7. The number of phenols is 1. The van der Waals surface area contributed by atoms with E-state index in [1.165, 1.54) is 12.1 Å². The molecule has 0 unspecified atom stereocenters. The number of nitrogens with one attached hydrogen (secondary N) is 1. The van der Waals surface area contributed by atoms with Crippen LogP contribution in [0.4, 0.5) is 0 Å². The largest absolute Gasteiger partial charge is 0.508 e. The van der Waals surface area contributed by atoms with Gasteiger partial charge in [-0.3, -0.25) is 0 Å². The van der Waals surface area contributed by atoms with Gasteiger partial charge in [-0.05, 0) is 24.3 Å². The maximum Gasteiger partial charge on any atom is 0.357 e. The molecule has 0 radical (unpaired) electrons. The van der Waals surface area contributed by atoms with Crippen molar-refractivity contribution >= 4 is 5.97 Å². The minimum Gasteiger partial charge on any atom is -0.508 e. The van der Waals surface area contributed by atoms with Crippen LogP contribution in [0.15, 0.2) is 24.3 Å². The van der Waals surface area contributed by atoms with E-state index in [0.29, 0.717) is 18.7 Å². The van der Waals surface area contributed by atoms with Crippen molar-refractivity contribution in [2.45, 2.75) is 0 Å². The van der Waals surface area contributed by atoms with E-state index in [-0.39, 0.29) is 11.7 Å². The standard InChI is InChI=1S/C11H14N2O3/c14-10-3-1-9(2-4-10)11(15)16-13-7-5-12-6-8-13/h1-4,12,14H,5-8H2. The van der Waals surface area contributed by atoms with Gasteiger partial charge in [0, 0.05) is 26.2 Å². The molecule has 1 aliphatic heterocycles.